The van der Waals surface area contributed by atoms with Crippen molar-refractivity contribution in [3.63, 3.8) is 0 Å². The summed E-state index contributed by atoms with van der Waals surface area (Å²) in [4.78, 5) is 25.9. The Morgan fingerprint density at radius 1 is 1.29 bits per heavy atom. The number of rotatable bonds is 2. The van der Waals surface area contributed by atoms with E-state index in [0.29, 0.717) is 16.8 Å². The highest BCUT2D eigenvalue weighted by molar-refractivity contribution is 6.01. The van der Waals surface area contributed by atoms with E-state index in [1.165, 1.54) is 28.8 Å². The molecule has 0 saturated carbocycles. The highest BCUT2D eigenvalue weighted by Crippen LogP contribution is 2.20. The number of imidazole rings is 1. The van der Waals surface area contributed by atoms with Crippen LogP contribution in [0.5, 0.6) is 0 Å². The summed E-state index contributed by atoms with van der Waals surface area (Å²) in [5.41, 5.74) is 1.12. The lowest BCUT2D eigenvalue weighted by Crippen LogP contribution is -2.14. The normalized spacial score (nSPS) is 11.0. The lowest BCUT2D eigenvalue weighted by Gasteiger charge is -2.05. The van der Waals surface area contributed by atoms with E-state index in [0.717, 1.165) is 0 Å². The number of benzene rings is 2. The van der Waals surface area contributed by atoms with Gasteiger partial charge in [-0.2, -0.15) is 0 Å². The van der Waals surface area contributed by atoms with Gasteiger partial charge >= 0.3 is 11.7 Å². The number of aromatic nitrogens is 2. The van der Waals surface area contributed by atoms with Crippen LogP contribution in [-0.4, -0.2) is 20.6 Å². The number of nitrogens with one attached hydrogen (secondary N) is 1. The van der Waals surface area contributed by atoms with Gasteiger partial charge in [-0.05, 0) is 42.8 Å². The zero-order chi connectivity index (χ0) is 15.1. The van der Waals surface area contributed by atoms with Crippen LogP contribution < -0.4 is 5.69 Å². The van der Waals surface area contributed by atoms with Crippen LogP contribution in [0.1, 0.15) is 15.9 Å². The fourth-order valence-electron chi connectivity index (χ4n) is 2.33. The molecule has 6 heteroatoms. The number of hydrogen-bond donors (Lipinski definition) is 2. The standard InChI is InChI=1S/C15H11FN2O3/c1-8-7-9(5-6-11(8)16)18-12-4-2-3-10(14(19)20)13(12)17-15(18)21/h2-7H,1H3,(H,17,21)(H,19,20). The van der Waals surface area contributed by atoms with E-state index >= 15 is 0 Å². The molecule has 0 fully saturated rings. The van der Waals surface area contributed by atoms with Crippen molar-refractivity contribution in [2.75, 3.05) is 0 Å². The van der Waals surface area contributed by atoms with Gasteiger partial charge in [0.25, 0.3) is 0 Å². The van der Waals surface area contributed by atoms with E-state index in [2.05, 4.69) is 4.98 Å². The zero-order valence-electron chi connectivity index (χ0n) is 11.1. The van der Waals surface area contributed by atoms with Crippen molar-refractivity contribution in [1.29, 1.82) is 0 Å². The van der Waals surface area contributed by atoms with E-state index in [9.17, 15) is 14.0 Å². The van der Waals surface area contributed by atoms with E-state index in [1.54, 1.807) is 19.1 Å². The van der Waals surface area contributed by atoms with Gasteiger partial charge in [0, 0.05) is 0 Å². The number of hydrogen-bond acceptors (Lipinski definition) is 2. The van der Waals surface area contributed by atoms with Crippen LogP contribution in [-0.2, 0) is 0 Å². The second-order valence-corrected chi connectivity index (χ2v) is 4.70. The van der Waals surface area contributed by atoms with E-state index in [1.807, 2.05) is 0 Å². The Labute approximate surface area is 118 Å². The van der Waals surface area contributed by atoms with Crippen LogP contribution in [0.4, 0.5) is 4.39 Å². The molecule has 106 valence electrons. The third-order valence-electron chi connectivity index (χ3n) is 3.35. The van der Waals surface area contributed by atoms with Gasteiger partial charge in [0.05, 0.1) is 22.3 Å². The first-order valence-electron chi connectivity index (χ1n) is 6.22. The molecule has 0 radical (unpaired) electrons. The number of carbonyl (C=O) groups is 1. The number of nitrogens with zero attached hydrogens (tertiary/aromatic N) is 1. The average molecular weight is 286 g/mol. The van der Waals surface area contributed by atoms with Gasteiger partial charge < -0.3 is 10.1 Å². The summed E-state index contributed by atoms with van der Waals surface area (Å²) in [6.07, 6.45) is 0. The molecule has 0 aliphatic rings. The summed E-state index contributed by atoms with van der Waals surface area (Å²) in [6.45, 7) is 1.60. The topological polar surface area (TPSA) is 75.1 Å². The molecule has 21 heavy (non-hydrogen) atoms. The van der Waals surface area contributed by atoms with Crippen LogP contribution in [0, 0.1) is 12.7 Å². The minimum absolute atomic E-state index is 0.0159. The molecule has 1 heterocycles. The largest absolute Gasteiger partial charge is 0.478 e. The van der Waals surface area contributed by atoms with Crippen LogP contribution in [0.15, 0.2) is 41.2 Å². The van der Waals surface area contributed by atoms with Gasteiger partial charge in [-0.25, -0.2) is 14.0 Å². The maximum Gasteiger partial charge on any atom is 0.337 e. The molecule has 0 aliphatic heterocycles. The van der Waals surface area contributed by atoms with Gasteiger partial charge in [-0.3, -0.25) is 4.57 Å². The summed E-state index contributed by atoms with van der Waals surface area (Å²) in [6, 6.07) is 8.91. The number of aromatic carboxylic acids is 1. The second kappa shape index (κ2) is 4.59. The monoisotopic (exact) mass is 286 g/mol. The molecular formula is C15H11FN2O3. The van der Waals surface area contributed by atoms with Gasteiger partial charge in [0.15, 0.2) is 0 Å². The molecule has 0 aliphatic carbocycles. The summed E-state index contributed by atoms with van der Waals surface area (Å²) in [5, 5.41) is 9.15. The lowest BCUT2D eigenvalue weighted by atomic mass is 10.1. The van der Waals surface area contributed by atoms with Crippen LogP contribution in [0.3, 0.4) is 0 Å². The van der Waals surface area contributed by atoms with Crippen molar-refractivity contribution < 1.29 is 14.3 Å². The van der Waals surface area contributed by atoms with Crippen LogP contribution in [0.25, 0.3) is 16.7 Å². The number of aryl methyl sites for hydroxylation is 1. The summed E-state index contributed by atoms with van der Waals surface area (Å²) in [7, 11) is 0. The molecule has 1 aromatic heterocycles. The number of carboxylic acid groups (broad SMARTS) is 1. The molecule has 0 bridgehead atoms. The van der Waals surface area contributed by atoms with E-state index in [4.69, 9.17) is 5.11 Å². The minimum atomic E-state index is -1.12. The first-order chi connectivity index (χ1) is 9.99. The third kappa shape index (κ3) is 2.01. The Morgan fingerprint density at radius 2 is 2.05 bits per heavy atom. The van der Waals surface area contributed by atoms with Crippen molar-refractivity contribution in [3.8, 4) is 5.69 Å². The summed E-state index contributed by atoms with van der Waals surface area (Å²) >= 11 is 0. The fourth-order valence-corrected chi connectivity index (χ4v) is 2.33. The zero-order valence-corrected chi connectivity index (χ0v) is 11.1. The molecule has 2 aromatic carbocycles. The Bertz CT molecular complexity index is 924. The number of fused-ring (bicyclic) bond motifs is 1. The predicted octanol–water partition coefficient (Wildman–Crippen LogP) is 2.46. The number of H-pyrrole nitrogens is 1. The van der Waals surface area contributed by atoms with Crippen molar-refractivity contribution >= 4 is 17.0 Å². The summed E-state index contributed by atoms with van der Waals surface area (Å²) in [5.74, 6) is -1.48. The highest BCUT2D eigenvalue weighted by atomic mass is 19.1. The molecule has 2 N–H and O–H groups in total. The van der Waals surface area contributed by atoms with Crippen molar-refractivity contribution in [1.82, 2.24) is 9.55 Å². The molecule has 3 aromatic rings. The van der Waals surface area contributed by atoms with Crippen molar-refractivity contribution in [2.45, 2.75) is 6.92 Å². The van der Waals surface area contributed by atoms with Crippen molar-refractivity contribution in [3.05, 3.63) is 63.8 Å². The number of aromatic amines is 1. The fraction of sp³-hybridized carbons (Fsp3) is 0.0667. The van der Waals surface area contributed by atoms with Gasteiger partial charge in [-0.15, -0.1) is 0 Å². The molecule has 3 rings (SSSR count). The van der Waals surface area contributed by atoms with Crippen molar-refractivity contribution in [2.24, 2.45) is 0 Å². The Kier molecular flexibility index (Phi) is 2.86. The molecule has 0 amide bonds. The molecular weight excluding hydrogens is 275 g/mol. The SMILES string of the molecule is Cc1cc(-n2c(=O)[nH]c3c(C(=O)O)cccc32)ccc1F. The number of carboxylic acids is 1. The number of para-hydroxylation sites is 1. The molecule has 0 atom stereocenters. The lowest BCUT2D eigenvalue weighted by molar-refractivity contribution is 0.0699. The molecule has 0 unspecified atom stereocenters. The van der Waals surface area contributed by atoms with E-state index in [-0.39, 0.29) is 16.9 Å². The average Bonchev–Trinajstić information content (AvgIpc) is 2.77. The predicted molar refractivity (Wildman–Crippen MR) is 75.6 cm³/mol. The quantitative estimate of drug-likeness (QED) is 0.760. The Hall–Kier alpha value is -2.89. The maximum absolute atomic E-state index is 13.4. The molecule has 0 saturated heterocycles. The highest BCUT2D eigenvalue weighted by Gasteiger charge is 2.15. The Morgan fingerprint density at radius 3 is 2.71 bits per heavy atom. The van der Waals surface area contributed by atoms with Gasteiger partial charge in [0.1, 0.15) is 5.82 Å². The molecule has 0 spiro atoms. The molecule has 5 nitrogen and oxygen atoms in total. The minimum Gasteiger partial charge on any atom is -0.478 e. The third-order valence-corrected chi connectivity index (χ3v) is 3.35. The van der Waals surface area contributed by atoms with Crippen LogP contribution >= 0.6 is 0 Å². The van der Waals surface area contributed by atoms with Gasteiger partial charge in [0.2, 0.25) is 0 Å². The van der Waals surface area contributed by atoms with Gasteiger partial charge in [-0.1, -0.05) is 6.07 Å². The number of halogens is 1. The second-order valence-electron chi connectivity index (χ2n) is 4.70. The smallest absolute Gasteiger partial charge is 0.337 e. The Balaban J connectivity index is 2.35. The van der Waals surface area contributed by atoms with Crippen LogP contribution in [0.2, 0.25) is 0 Å². The van der Waals surface area contributed by atoms with E-state index < -0.39 is 11.7 Å². The summed E-state index contributed by atoms with van der Waals surface area (Å²) < 4.78 is 14.7. The maximum atomic E-state index is 13.4. The first kappa shape index (κ1) is 13.1. The first-order valence-corrected chi connectivity index (χ1v) is 6.22.